The topological polar surface area (TPSA) is 172 Å². The number of hydrogen-bond acceptors (Lipinski definition) is 11. The highest BCUT2D eigenvalue weighted by Gasteiger charge is 2.40. The minimum absolute atomic E-state index is 0.174. The summed E-state index contributed by atoms with van der Waals surface area (Å²) < 4.78 is 56.0. The summed E-state index contributed by atoms with van der Waals surface area (Å²) in [4.78, 5) is 29.5. The zero-order chi connectivity index (χ0) is 47.5. The molecule has 2 aliphatic rings. The molecule has 15 heteroatoms. The highest BCUT2D eigenvalue weighted by atomic mass is 32.1. The highest BCUT2D eigenvalue weighted by molar-refractivity contribution is 7.16. The molecule has 0 saturated heterocycles. The van der Waals surface area contributed by atoms with E-state index in [0.717, 1.165) is 0 Å². The standard InChI is InChI=1S/C54H22F4N10S/c55-35-11-1-27(2-12-35)49-63-50(28-3-13-36(56)14-4-28)66-53(65-49)31-9-19-39-41(21-31)43(33(23-59)24-60)47-45(39)46-40-20-10-32(22-42(40)44(48(46)69-47)34(25-61)26-62)54-67-51(29-5-15-37(57)16-6-29)64-52(68-54)30-7-17-38(58)18-8-30/h1-22H. The Morgan fingerprint density at radius 1 is 0.333 bits per heavy atom. The molecule has 0 radical (unpaired) electrons. The Morgan fingerprint density at radius 3 is 0.841 bits per heavy atom. The van der Waals surface area contributed by atoms with Gasteiger partial charge >= 0.3 is 0 Å². The van der Waals surface area contributed by atoms with Crippen LogP contribution in [0.15, 0.2) is 145 Å². The van der Waals surface area contributed by atoms with Crippen molar-refractivity contribution in [3.05, 3.63) is 189 Å². The van der Waals surface area contributed by atoms with Gasteiger partial charge in [-0.15, -0.1) is 11.3 Å². The van der Waals surface area contributed by atoms with Crippen molar-refractivity contribution < 1.29 is 17.6 Å². The maximum absolute atomic E-state index is 14.0. The predicted octanol–water partition coefficient (Wildman–Crippen LogP) is 12.3. The number of hydrogen-bond donors (Lipinski definition) is 0. The van der Waals surface area contributed by atoms with Crippen LogP contribution >= 0.6 is 11.3 Å². The van der Waals surface area contributed by atoms with Gasteiger partial charge in [0.25, 0.3) is 0 Å². The van der Waals surface area contributed by atoms with Gasteiger partial charge < -0.3 is 0 Å². The SMILES string of the molecule is N#CC(C#N)=C1c2cc(-c3nc(-c4ccc(F)cc4)nc(-c4ccc(F)cc4)n3)ccc2-c2c1sc1c2-c2ccc(-c3nc(-c4ccc(F)cc4)nc(-c4ccc(F)cc4)n3)cc2C1=C(C#N)C#N. The van der Waals surface area contributed by atoms with E-state index in [-0.39, 0.29) is 46.1 Å². The molecule has 9 aromatic rings. The Kier molecular flexibility index (Phi) is 10.1. The molecule has 0 unspecified atom stereocenters. The summed E-state index contributed by atoms with van der Waals surface area (Å²) in [5, 5.41) is 41.6. The highest BCUT2D eigenvalue weighted by Crippen LogP contribution is 2.61. The van der Waals surface area contributed by atoms with E-state index in [1.807, 2.05) is 12.1 Å². The van der Waals surface area contributed by atoms with Crippen molar-refractivity contribution in [1.82, 2.24) is 29.9 Å². The van der Waals surface area contributed by atoms with Gasteiger partial charge in [0.1, 0.15) is 58.7 Å². The predicted molar refractivity (Wildman–Crippen MR) is 249 cm³/mol. The van der Waals surface area contributed by atoms with Crippen LogP contribution in [0.1, 0.15) is 20.9 Å². The van der Waals surface area contributed by atoms with Crippen molar-refractivity contribution in [3.63, 3.8) is 0 Å². The van der Waals surface area contributed by atoms with E-state index in [2.05, 4.69) is 34.2 Å². The molecule has 10 nitrogen and oxygen atoms in total. The smallest absolute Gasteiger partial charge is 0.164 e. The molecule has 2 aliphatic carbocycles. The molecule has 0 N–H and O–H groups in total. The van der Waals surface area contributed by atoms with Crippen LogP contribution in [0.25, 0.3) is 102 Å². The second-order valence-corrected chi connectivity index (χ2v) is 16.6. The van der Waals surface area contributed by atoms with Crippen LogP contribution < -0.4 is 0 Å². The molecule has 0 spiro atoms. The van der Waals surface area contributed by atoms with Crippen LogP contribution in [0.3, 0.4) is 0 Å². The molecular formula is C54H22F4N10S. The fraction of sp³-hybridized carbons (Fsp3) is 0. The Morgan fingerprint density at radius 2 is 0.580 bits per heavy atom. The van der Waals surface area contributed by atoms with E-state index in [9.17, 15) is 38.6 Å². The van der Waals surface area contributed by atoms with Gasteiger partial charge in [-0.3, -0.25) is 0 Å². The normalized spacial score (nSPS) is 11.7. The summed E-state index contributed by atoms with van der Waals surface area (Å²) >= 11 is 1.24. The number of halogens is 4. The first-order chi connectivity index (χ1) is 33.6. The molecule has 3 aromatic heterocycles. The number of rotatable bonds is 6. The fourth-order valence-electron chi connectivity index (χ4n) is 8.45. The fourth-order valence-corrected chi connectivity index (χ4v) is 9.91. The van der Waals surface area contributed by atoms with Crippen molar-refractivity contribution in [3.8, 4) is 115 Å². The molecule has 3 heterocycles. The van der Waals surface area contributed by atoms with Crippen LogP contribution in [0.5, 0.6) is 0 Å². The third-order valence-corrected chi connectivity index (χ3v) is 12.8. The van der Waals surface area contributed by atoms with Crippen LogP contribution in [0.2, 0.25) is 0 Å². The van der Waals surface area contributed by atoms with Crippen molar-refractivity contribution in [2.24, 2.45) is 0 Å². The van der Waals surface area contributed by atoms with E-state index in [1.165, 1.54) is 108 Å². The van der Waals surface area contributed by atoms with Crippen molar-refractivity contribution in [2.45, 2.75) is 0 Å². The van der Waals surface area contributed by atoms with E-state index in [4.69, 9.17) is 19.9 Å². The molecule has 0 bridgehead atoms. The molecule has 0 saturated carbocycles. The largest absolute Gasteiger partial charge is 0.208 e. The minimum Gasteiger partial charge on any atom is -0.208 e. The molecule has 0 atom stereocenters. The number of allylic oxidation sites excluding steroid dienone is 2. The lowest BCUT2D eigenvalue weighted by Gasteiger charge is -2.11. The van der Waals surface area contributed by atoms with Crippen LogP contribution in [0.4, 0.5) is 17.6 Å². The Hall–Kier alpha value is -9.80. The molecule has 11 rings (SSSR count). The summed E-state index contributed by atoms with van der Waals surface area (Å²) in [6.07, 6.45) is 0. The molecular weight excluding hydrogens is 897 g/mol. The lowest BCUT2D eigenvalue weighted by Crippen LogP contribution is -2.01. The molecule has 6 aromatic carbocycles. The number of nitrogens with zero attached hydrogens (tertiary/aromatic N) is 10. The summed E-state index contributed by atoms with van der Waals surface area (Å²) in [6.45, 7) is 0. The molecule has 0 aliphatic heterocycles. The summed E-state index contributed by atoms with van der Waals surface area (Å²) in [5.74, 6) is -0.498. The molecule has 69 heavy (non-hydrogen) atoms. The van der Waals surface area contributed by atoms with E-state index in [0.29, 0.717) is 87.7 Å². The van der Waals surface area contributed by atoms with Gasteiger partial charge in [0.15, 0.2) is 34.9 Å². The zero-order valence-electron chi connectivity index (χ0n) is 35.1. The summed E-state index contributed by atoms with van der Waals surface area (Å²) in [7, 11) is 0. The number of fused-ring (bicyclic) bond motifs is 7. The summed E-state index contributed by atoms with van der Waals surface area (Å²) in [6, 6.07) is 41.6. The number of aromatic nitrogens is 6. The molecule has 322 valence electrons. The van der Waals surface area contributed by atoms with E-state index < -0.39 is 23.3 Å². The average Bonchev–Trinajstić information content (AvgIpc) is 4.01. The van der Waals surface area contributed by atoms with Gasteiger partial charge in [0, 0.05) is 65.4 Å². The number of nitriles is 4. The monoisotopic (exact) mass is 918 g/mol. The Balaban J connectivity index is 1.09. The maximum atomic E-state index is 14.0. The van der Waals surface area contributed by atoms with Gasteiger partial charge in [-0.2, -0.15) is 21.0 Å². The van der Waals surface area contributed by atoms with Crippen molar-refractivity contribution in [1.29, 1.82) is 21.0 Å². The second-order valence-electron chi connectivity index (χ2n) is 15.6. The first kappa shape index (κ1) is 41.9. The lowest BCUT2D eigenvalue weighted by molar-refractivity contribution is 0.627. The Labute approximate surface area is 393 Å². The van der Waals surface area contributed by atoms with Gasteiger partial charge in [0.2, 0.25) is 0 Å². The van der Waals surface area contributed by atoms with Crippen molar-refractivity contribution >= 4 is 22.5 Å². The van der Waals surface area contributed by atoms with Gasteiger partial charge in [-0.05, 0) is 131 Å². The maximum Gasteiger partial charge on any atom is 0.164 e. The lowest BCUT2D eigenvalue weighted by atomic mass is 9.96. The zero-order valence-corrected chi connectivity index (χ0v) is 35.9. The molecule has 0 amide bonds. The van der Waals surface area contributed by atoms with Crippen LogP contribution in [-0.4, -0.2) is 29.9 Å². The summed E-state index contributed by atoms with van der Waals surface area (Å²) in [5.41, 5.74) is 7.05. The van der Waals surface area contributed by atoms with Gasteiger partial charge in [-0.25, -0.2) is 47.5 Å². The first-order valence-corrected chi connectivity index (χ1v) is 21.6. The number of benzene rings is 6. The average molecular weight is 919 g/mol. The Bertz CT molecular complexity index is 3500. The number of thiophene rings is 1. The van der Waals surface area contributed by atoms with Gasteiger partial charge in [-0.1, -0.05) is 24.3 Å². The van der Waals surface area contributed by atoms with E-state index >= 15 is 0 Å². The quantitative estimate of drug-likeness (QED) is 0.115. The van der Waals surface area contributed by atoms with Gasteiger partial charge in [0.05, 0.1) is 0 Å². The van der Waals surface area contributed by atoms with E-state index in [1.54, 1.807) is 24.3 Å². The first-order valence-electron chi connectivity index (χ1n) is 20.8. The van der Waals surface area contributed by atoms with Crippen molar-refractivity contribution in [2.75, 3.05) is 0 Å². The van der Waals surface area contributed by atoms with Crippen LogP contribution in [0, 0.1) is 68.6 Å². The van der Waals surface area contributed by atoms with Crippen LogP contribution in [-0.2, 0) is 0 Å². The minimum atomic E-state index is -0.450. The second kappa shape index (κ2) is 16.6. The third kappa shape index (κ3) is 7.16. The molecule has 0 fully saturated rings. The third-order valence-electron chi connectivity index (χ3n) is 11.6.